The number of aliphatic hydroxyl groups is 2. The Morgan fingerprint density at radius 2 is 1.53 bits per heavy atom. The summed E-state index contributed by atoms with van der Waals surface area (Å²) in [5, 5.41) is 22.1. The average molecular weight is 817 g/mol. The Hall–Kier alpha value is 0. The molecule has 3 heterocycles. The van der Waals surface area contributed by atoms with Crippen LogP contribution in [0.25, 0.3) is 11.2 Å². The number of nitrogens with zero attached hydrogens (tertiary/aromatic N) is 4. The number of imidazole rings is 1. The third-order valence-electron chi connectivity index (χ3n) is 9.27. The quantitative estimate of drug-likeness (QED) is 0.0311. The fourth-order valence-electron chi connectivity index (χ4n) is 6.12. The standard InChI is InChI=1S/C36H65N4O9PS2.Na.H/c1-5-7-9-11-12-13-14-15-17-19-24-52-30(21-18-16-10-8-6-2)28(3)45-22-20-23-46-50(43,44)47-25-29-32(41)33(42)36(48-29)49-40-27-39-31-34(40)37-26-38-35(31)51-4;;/h26-30,32-33,36,41-42H,5-25H2,1-4H3,(H,43,44);;/q;+1;-1/t28?,29-,30?,32-,33-,36+;;/m1../s1. The Bertz CT molecular complexity index is 1300. The van der Waals surface area contributed by atoms with Gasteiger partial charge in [0.2, 0.25) is 0 Å². The first-order chi connectivity index (χ1) is 25.2. The molecule has 0 radical (unpaired) electrons. The van der Waals surface area contributed by atoms with Gasteiger partial charge in [-0.2, -0.15) is 11.8 Å². The van der Waals surface area contributed by atoms with Crippen LogP contribution in [0.1, 0.15) is 131 Å². The summed E-state index contributed by atoms with van der Waals surface area (Å²) in [7, 11) is -4.46. The van der Waals surface area contributed by atoms with Crippen LogP contribution in [-0.2, 0) is 23.1 Å². The molecule has 1 saturated heterocycles. The molecule has 1 aliphatic heterocycles. The van der Waals surface area contributed by atoms with E-state index < -0.39 is 39.0 Å². The number of rotatable bonds is 31. The van der Waals surface area contributed by atoms with Crippen LogP contribution in [-0.4, -0.2) is 103 Å². The van der Waals surface area contributed by atoms with Gasteiger partial charge < -0.3 is 30.8 Å². The molecular weight excluding hydrogens is 751 g/mol. The molecule has 3 rings (SSSR count). The van der Waals surface area contributed by atoms with Crippen molar-refractivity contribution in [2.75, 3.05) is 31.8 Å². The number of phosphoric ester groups is 1. The summed E-state index contributed by atoms with van der Waals surface area (Å²) in [5.41, 5.74) is 0.870. The second-order valence-electron chi connectivity index (χ2n) is 13.6. The van der Waals surface area contributed by atoms with E-state index in [0.717, 1.165) is 12.2 Å². The number of aliphatic hydroxyl groups excluding tert-OH is 2. The van der Waals surface area contributed by atoms with E-state index in [9.17, 15) is 19.7 Å². The zero-order valence-electron chi connectivity index (χ0n) is 33.8. The zero-order chi connectivity index (χ0) is 37.6. The Morgan fingerprint density at radius 3 is 2.19 bits per heavy atom. The number of phosphoric acid groups is 1. The maximum absolute atomic E-state index is 12.6. The Morgan fingerprint density at radius 1 is 0.887 bits per heavy atom. The van der Waals surface area contributed by atoms with Gasteiger partial charge in [0.05, 0.1) is 19.3 Å². The summed E-state index contributed by atoms with van der Waals surface area (Å²) in [5.74, 6) is 1.15. The van der Waals surface area contributed by atoms with Crippen molar-refractivity contribution in [3.05, 3.63) is 12.7 Å². The molecule has 0 amide bonds. The molecule has 2 aromatic heterocycles. The van der Waals surface area contributed by atoms with Crippen LogP contribution in [0, 0.1) is 0 Å². The maximum atomic E-state index is 12.6. The molecule has 0 bridgehead atoms. The van der Waals surface area contributed by atoms with Crippen LogP contribution >= 0.6 is 31.3 Å². The molecule has 13 nitrogen and oxygen atoms in total. The van der Waals surface area contributed by atoms with Crippen LogP contribution in [0.3, 0.4) is 0 Å². The van der Waals surface area contributed by atoms with Gasteiger partial charge >= 0.3 is 37.4 Å². The summed E-state index contributed by atoms with van der Waals surface area (Å²) in [6.45, 7) is 6.49. The number of hydrogen-bond donors (Lipinski definition) is 3. The number of aromatic nitrogens is 4. The predicted molar refractivity (Wildman–Crippen MR) is 209 cm³/mol. The molecule has 0 aromatic carbocycles. The summed E-state index contributed by atoms with van der Waals surface area (Å²) < 4.78 is 35.9. The molecule has 7 atom stereocenters. The molecule has 0 aliphatic carbocycles. The van der Waals surface area contributed by atoms with Gasteiger partial charge in [-0.05, 0) is 38.2 Å². The minimum Gasteiger partial charge on any atom is -1.00 e. The van der Waals surface area contributed by atoms with Crippen molar-refractivity contribution >= 4 is 42.5 Å². The Labute approximate surface area is 349 Å². The van der Waals surface area contributed by atoms with E-state index in [4.69, 9.17) is 23.4 Å². The van der Waals surface area contributed by atoms with Crippen molar-refractivity contribution in [1.82, 2.24) is 19.7 Å². The van der Waals surface area contributed by atoms with Gasteiger partial charge in [-0.1, -0.05) is 104 Å². The minimum absolute atomic E-state index is 0. The van der Waals surface area contributed by atoms with Crippen molar-refractivity contribution in [3.63, 3.8) is 0 Å². The van der Waals surface area contributed by atoms with Gasteiger partial charge in [0.25, 0.3) is 6.29 Å². The van der Waals surface area contributed by atoms with E-state index in [1.165, 1.54) is 125 Å². The second kappa shape index (κ2) is 28.4. The van der Waals surface area contributed by atoms with Crippen molar-refractivity contribution in [3.8, 4) is 0 Å². The first-order valence-electron chi connectivity index (χ1n) is 19.5. The van der Waals surface area contributed by atoms with Gasteiger partial charge in [-0.15, -0.1) is 16.5 Å². The van der Waals surface area contributed by atoms with Crippen molar-refractivity contribution in [2.24, 2.45) is 0 Å². The van der Waals surface area contributed by atoms with E-state index in [1.807, 2.05) is 18.0 Å². The van der Waals surface area contributed by atoms with Crippen molar-refractivity contribution in [1.29, 1.82) is 0 Å². The molecule has 1 fully saturated rings. The Balaban J connectivity index is 0.00000729. The number of fused-ring (bicyclic) bond motifs is 1. The molecule has 2 aromatic rings. The van der Waals surface area contributed by atoms with Crippen LogP contribution < -0.4 is 34.4 Å². The van der Waals surface area contributed by atoms with Gasteiger partial charge in [0.1, 0.15) is 41.5 Å². The fraction of sp³-hybridized carbons (Fsp3) is 0.861. The van der Waals surface area contributed by atoms with Gasteiger partial charge in [0.15, 0.2) is 5.65 Å². The zero-order valence-corrected chi connectivity index (χ0v) is 37.3. The van der Waals surface area contributed by atoms with Crippen LogP contribution in [0.4, 0.5) is 0 Å². The molecule has 1 aliphatic rings. The predicted octanol–water partition coefficient (Wildman–Crippen LogP) is 4.85. The van der Waals surface area contributed by atoms with Gasteiger partial charge in [-0.3, -0.25) is 9.05 Å². The molecule has 302 valence electrons. The smallest absolute Gasteiger partial charge is 1.00 e. The molecule has 3 N–H and O–H groups in total. The first-order valence-corrected chi connectivity index (χ1v) is 23.2. The molecule has 0 saturated carbocycles. The summed E-state index contributed by atoms with van der Waals surface area (Å²) >= 11 is 3.43. The SMILES string of the molecule is CCCCCCCCCCCCSC(CCCCCCC)C(C)OCCCOP(=O)(O)OC[C@H]1O[C@@H](On2cnc3c(SC)ncnc32)[C@H](O)[C@@H]1O.[H-].[Na+]. The van der Waals surface area contributed by atoms with Gasteiger partial charge in [0, 0.05) is 11.9 Å². The third-order valence-corrected chi connectivity index (χ3v) is 12.5. The molecular formula is C36H66N4NaO9PS2. The number of thioether (sulfide) groups is 2. The van der Waals surface area contributed by atoms with E-state index in [1.54, 1.807) is 0 Å². The average Bonchev–Trinajstić information content (AvgIpc) is 3.67. The second-order valence-corrected chi connectivity index (χ2v) is 17.2. The number of hydrogen-bond acceptors (Lipinski definition) is 13. The van der Waals surface area contributed by atoms with E-state index in [-0.39, 0.29) is 43.7 Å². The largest absolute Gasteiger partial charge is 1.00 e. The normalized spacial score (nSPS) is 21.0. The first kappa shape index (κ1) is 49.1. The maximum Gasteiger partial charge on any atom is 1.00 e. The van der Waals surface area contributed by atoms with Crippen molar-refractivity contribution in [2.45, 2.75) is 171 Å². The van der Waals surface area contributed by atoms with E-state index in [2.05, 4.69) is 35.7 Å². The van der Waals surface area contributed by atoms with E-state index >= 15 is 0 Å². The molecule has 53 heavy (non-hydrogen) atoms. The minimum atomic E-state index is -4.46. The summed E-state index contributed by atoms with van der Waals surface area (Å²) in [4.78, 5) is 28.5. The third kappa shape index (κ3) is 18.4. The van der Waals surface area contributed by atoms with Crippen molar-refractivity contribution < 1.29 is 74.0 Å². The number of ether oxygens (including phenoxy) is 2. The monoisotopic (exact) mass is 816 g/mol. The van der Waals surface area contributed by atoms with E-state index in [0.29, 0.717) is 34.5 Å². The van der Waals surface area contributed by atoms with Crippen LogP contribution in [0.15, 0.2) is 17.7 Å². The van der Waals surface area contributed by atoms with Crippen LogP contribution in [0.5, 0.6) is 0 Å². The molecule has 17 heteroatoms. The van der Waals surface area contributed by atoms with Crippen LogP contribution in [0.2, 0.25) is 0 Å². The Kier molecular flexibility index (Phi) is 26.3. The summed E-state index contributed by atoms with van der Waals surface area (Å²) in [6.07, 6.45) is 20.5. The summed E-state index contributed by atoms with van der Waals surface area (Å²) in [6, 6.07) is 0. The fourth-order valence-corrected chi connectivity index (χ4v) is 8.73. The number of unbranched alkanes of at least 4 members (excludes halogenated alkanes) is 13. The molecule has 3 unspecified atom stereocenters. The molecule has 0 spiro atoms. The van der Waals surface area contributed by atoms with Gasteiger partial charge in [-0.25, -0.2) is 19.5 Å². The topological polar surface area (TPSA) is 168 Å².